The number of nitrogens with zero attached hydrogens (tertiary/aromatic N) is 2. The maximum absolute atomic E-state index is 13.2. The monoisotopic (exact) mass is 583 g/mol. The van der Waals surface area contributed by atoms with Crippen molar-refractivity contribution in [1.29, 1.82) is 0 Å². The fraction of sp³-hybridized carbons (Fsp3) is 0.296. The number of benzene rings is 2. The lowest BCUT2D eigenvalue weighted by Crippen LogP contribution is -2.40. The van der Waals surface area contributed by atoms with Crippen LogP contribution in [0, 0.1) is 0 Å². The first-order valence-electron chi connectivity index (χ1n) is 12.7. The highest BCUT2D eigenvalue weighted by Gasteiger charge is 2.30. The van der Waals surface area contributed by atoms with Crippen LogP contribution >= 0.6 is 11.3 Å². The quantitative estimate of drug-likeness (QED) is 0.386. The summed E-state index contributed by atoms with van der Waals surface area (Å²) in [7, 11) is -3.70. The van der Waals surface area contributed by atoms with Crippen LogP contribution in [0.25, 0.3) is 0 Å². The minimum absolute atomic E-state index is 0.0811. The van der Waals surface area contributed by atoms with Gasteiger partial charge in [0.05, 0.1) is 23.7 Å². The molecular weight excluding hydrogens is 554 g/mol. The number of imide groups is 1. The van der Waals surface area contributed by atoms with Crippen LogP contribution in [-0.2, 0) is 34.3 Å². The molecule has 4 N–H and O–H groups in total. The van der Waals surface area contributed by atoms with Gasteiger partial charge in [0.2, 0.25) is 10.0 Å². The van der Waals surface area contributed by atoms with Crippen molar-refractivity contribution in [3.05, 3.63) is 81.7 Å². The number of carbonyl (C=O) groups is 3. The van der Waals surface area contributed by atoms with E-state index < -0.39 is 27.9 Å². The minimum atomic E-state index is -3.70. The summed E-state index contributed by atoms with van der Waals surface area (Å²) in [6, 6.07) is 14.7. The van der Waals surface area contributed by atoms with Gasteiger partial charge in [0, 0.05) is 43.2 Å². The Kier molecular flexibility index (Phi) is 8.28. The lowest BCUT2D eigenvalue weighted by molar-refractivity contribution is 0.0730. The zero-order valence-corrected chi connectivity index (χ0v) is 23.2. The minimum Gasteiger partial charge on any atom is -0.379 e. The van der Waals surface area contributed by atoms with E-state index in [1.54, 1.807) is 0 Å². The lowest BCUT2D eigenvalue weighted by Gasteiger charge is -2.27. The molecule has 13 heteroatoms. The predicted octanol–water partition coefficient (Wildman–Crippen LogP) is 2.39. The van der Waals surface area contributed by atoms with Gasteiger partial charge in [-0.3, -0.25) is 19.8 Å². The summed E-state index contributed by atoms with van der Waals surface area (Å²) in [5, 5.41) is 5.22. The first kappa shape index (κ1) is 27.9. The van der Waals surface area contributed by atoms with Gasteiger partial charge in [-0.1, -0.05) is 30.3 Å². The van der Waals surface area contributed by atoms with Gasteiger partial charge in [0.15, 0.2) is 0 Å². The Hall–Kier alpha value is -3.62. The Bertz CT molecular complexity index is 1520. The summed E-state index contributed by atoms with van der Waals surface area (Å²) >= 11 is 1.28. The van der Waals surface area contributed by atoms with Crippen molar-refractivity contribution >= 4 is 44.2 Å². The Morgan fingerprint density at radius 2 is 1.65 bits per heavy atom. The Morgan fingerprint density at radius 3 is 2.33 bits per heavy atom. The van der Waals surface area contributed by atoms with E-state index in [9.17, 15) is 22.8 Å². The van der Waals surface area contributed by atoms with E-state index in [0.29, 0.717) is 37.7 Å². The van der Waals surface area contributed by atoms with Crippen molar-refractivity contribution < 1.29 is 27.5 Å². The van der Waals surface area contributed by atoms with E-state index >= 15 is 0 Å². The second-order valence-electron chi connectivity index (χ2n) is 9.47. The molecule has 0 aliphatic carbocycles. The second kappa shape index (κ2) is 11.9. The number of sulfonamides is 1. The highest BCUT2D eigenvalue weighted by molar-refractivity contribution is 7.89. The number of thiophene rings is 1. The van der Waals surface area contributed by atoms with Crippen molar-refractivity contribution in [3.63, 3.8) is 0 Å². The van der Waals surface area contributed by atoms with Gasteiger partial charge < -0.3 is 15.8 Å². The molecule has 0 saturated carbocycles. The smallest absolute Gasteiger partial charge is 0.319 e. The maximum Gasteiger partial charge on any atom is 0.319 e. The molecule has 1 aromatic heterocycles. The number of primary amides is 1. The number of rotatable bonds is 7. The van der Waals surface area contributed by atoms with Crippen LogP contribution in [0.2, 0.25) is 0 Å². The SMILES string of the molecule is NC(=O)NC(=O)c1c(NC(=O)c2ccc(S(=O)(=O)N3CCOCC3)cc2)sc2c1CCN(Cc1ccccc1)C2. The van der Waals surface area contributed by atoms with Gasteiger partial charge in [-0.25, -0.2) is 13.2 Å². The fourth-order valence-electron chi connectivity index (χ4n) is 4.83. The summed E-state index contributed by atoms with van der Waals surface area (Å²) in [6.45, 7) is 3.22. The Balaban J connectivity index is 1.36. The van der Waals surface area contributed by atoms with Crippen molar-refractivity contribution in [2.75, 3.05) is 38.2 Å². The molecule has 2 aromatic carbocycles. The molecule has 2 aliphatic heterocycles. The van der Waals surface area contributed by atoms with E-state index in [1.165, 1.54) is 45.5 Å². The molecule has 0 radical (unpaired) electrons. The molecule has 0 spiro atoms. The van der Waals surface area contributed by atoms with Crippen molar-refractivity contribution in [1.82, 2.24) is 14.5 Å². The molecule has 0 atom stereocenters. The van der Waals surface area contributed by atoms with Crippen LogP contribution in [0.5, 0.6) is 0 Å². The van der Waals surface area contributed by atoms with E-state index in [2.05, 4.69) is 27.7 Å². The molecule has 0 unspecified atom stereocenters. The number of fused-ring (bicyclic) bond motifs is 1. The fourth-order valence-corrected chi connectivity index (χ4v) is 7.52. The van der Waals surface area contributed by atoms with Gasteiger partial charge in [-0.2, -0.15) is 4.31 Å². The summed E-state index contributed by atoms with van der Waals surface area (Å²) < 4.78 is 32.4. The van der Waals surface area contributed by atoms with E-state index in [0.717, 1.165) is 17.0 Å². The van der Waals surface area contributed by atoms with E-state index in [1.807, 2.05) is 18.2 Å². The number of hydrogen-bond donors (Lipinski definition) is 3. The third-order valence-electron chi connectivity index (χ3n) is 6.80. The number of nitrogens with one attached hydrogen (secondary N) is 2. The average Bonchev–Trinajstić information content (AvgIpc) is 3.31. The molecule has 5 rings (SSSR count). The number of ether oxygens (including phenoxy) is 1. The van der Waals surface area contributed by atoms with E-state index in [-0.39, 0.29) is 29.1 Å². The lowest BCUT2D eigenvalue weighted by atomic mass is 10.0. The molecule has 1 saturated heterocycles. The molecule has 11 nitrogen and oxygen atoms in total. The number of morpholine rings is 1. The highest BCUT2D eigenvalue weighted by atomic mass is 32.2. The standard InChI is InChI=1S/C27H29N5O6S2/c28-27(35)30-25(34)23-21-10-11-31(16-18-4-2-1-3-5-18)17-22(21)39-26(23)29-24(33)19-6-8-20(9-7-19)40(36,37)32-12-14-38-15-13-32/h1-9H,10-17H2,(H,29,33)(H3,28,30,34,35). The summed E-state index contributed by atoms with van der Waals surface area (Å²) in [4.78, 5) is 40.8. The third-order valence-corrected chi connectivity index (χ3v) is 9.85. The Morgan fingerprint density at radius 1 is 0.950 bits per heavy atom. The van der Waals surface area contributed by atoms with Crippen LogP contribution in [-0.4, -0.2) is 68.3 Å². The number of carbonyl (C=O) groups excluding carboxylic acids is 3. The van der Waals surface area contributed by atoms with Crippen LogP contribution in [0.4, 0.5) is 9.80 Å². The van der Waals surface area contributed by atoms with E-state index in [4.69, 9.17) is 10.5 Å². The molecule has 210 valence electrons. The zero-order valence-electron chi connectivity index (χ0n) is 21.6. The topological polar surface area (TPSA) is 151 Å². The van der Waals surface area contributed by atoms with Crippen molar-refractivity contribution in [2.24, 2.45) is 5.73 Å². The van der Waals surface area contributed by atoms with Crippen molar-refractivity contribution in [2.45, 2.75) is 24.4 Å². The van der Waals surface area contributed by atoms with Crippen LogP contribution in [0.1, 0.15) is 36.7 Å². The number of nitrogens with two attached hydrogens (primary N) is 1. The molecular formula is C27H29N5O6S2. The third kappa shape index (κ3) is 6.08. The predicted molar refractivity (Wildman–Crippen MR) is 150 cm³/mol. The molecule has 3 heterocycles. The van der Waals surface area contributed by atoms with Gasteiger partial charge >= 0.3 is 6.03 Å². The number of hydrogen-bond acceptors (Lipinski definition) is 8. The van der Waals surface area contributed by atoms with Crippen LogP contribution in [0.15, 0.2) is 59.5 Å². The molecule has 0 bridgehead atoms. The first-order chi connectivity index (χ1) is 19.2. The van der Waals surface area contributed by atoms with Gasteiger partial charge in [0.25, 0.3) is 11.8 Å². The van der Waals surface area contributed by atoms with Crippen LogP contribution in [0.3, 0.4) is 0 Å². The normalized spacial score (nSPS) is 16.2. The molecule has 2 aliphatic rings. The number of anilines is 1. The Labute approximate surface area is 236 Å². The largest absolute Gasteiger partial charge is 0.379 e. The number of urea groups is 1. The first-order valence-corrected chi connectivity index (χ1v) is 15.0. The van der Waals surface area contributed by atoms with Gasteiger partial charge in [-0.05, 0) is 41.8 Å². The van der Waals surface area contributed by atoms with Gasteiger partial charge in [-0.15, -0.1) is 11.3 Å². The zero-order chi connectivity index (χ0) is 28.3. The summed E-state index contributed by atoms with van der Waals surface area (Å²) in [5.74, 6) is -1.19. The summed E-state index contributed by atoms with van der Waals surface area (Å²) in [5.41, 5.74) is 7.59. The summed E-state index contributed by atoms with van der Waals surface area (Å²) in [6.07, 6.45) is 0.560. The molecule has 4 amide bonds. The number of amides is 4. The average molecular weight is 584 g/mol. The van der Waals surface area contributed by atoms with Gasteiger partial charge in [0.1, 0.15) is 5.00 Å². The van der Waals surface area contributed by atoms with Crippen molar-refractivity contribution in [3.8, 4) is 0 Å². The molecule has 1 fully saturated rings. The van der Waals surface area contributed by atoms with Crippen LogP contribution < -0.4 is 16.4 Å². The second-order valence-corrected chi connectivity index (χ2v) is 12.5. The highest BCUT2D eigenvalue weighted by Crippen LogP contribution is 2.38. The maximum atomic E-state index is 13.2. The molecule has 3 aromatic rings. The molecule has 40 heavy (non-hydrogen) atoms.